The van der Waals surface area contributed by atoms with Gasteiger partial charge in [-0.25, -0.2) is 4.79 Å². The Kier molecular flexibility index (Phi) is 4.57. The number of hydrogen-bond acceptors (Lipinski definition) is 5. The Labute approximate surface area is 164 Å². The number of benzene rings is 1. The number of allylic oxidation sites excluding steroid dienone is 1. The first-order valence-corrected chi connectivity index (χ1v) is 8.97. The van der Waals surface area contributed by atoms with E-state index in [0.29, 0.717) is 11.3 Å². The number of rotatable bonds is 2. The summed E-state index contributed by atoms with van der Waals surface area (Å²) in [5.74, 6) is -0.705. The standard InChI is InChI=1S/C21H25N3O4/c1-12-11-21(2,3)24(6)16-10-17(28-7)13(8-14(12)16)9-15-18(25)22(4)20(27)23(5)19(15)26/h8-11H,1-7H3. The van der Waals surface area contributed by atoms with Crippen LogP contribution in [0.15, 0.2) is 23.8 Å². The van der Waals surface area contributed by atoms with Crippen molar-refractivity contribution in [2.45, 2.75) is 26.3 Å². The van der Waals surface area contributed by atoms with Gasteiger partial charge in [-0.1, -0.05) is 6.08 Å². The molecule has 4 amide bonds. The zero-order chi connectivity index (χ0) is 21.0. The van der Waals surface area contributed by atoms with E-state index in [2.05, 4.69) is 24.8 Å². The third-order valence-corrected chi connectivity index (χ3v) is 5.51. The van der Waals surface area contributed by atoms with Crippen LogP contribution in [0.25, 0.3) is 11.6 Å². The highest BCUT2D eigenvalue weighted by Crippen LogP contribution is 2.41. The molecule has 1 aromatic carbocycles. The minimum atomic E-state index is -0.646. The van der Waals surface area contributed by atoms with Gasteiger partial charge in [-0.2, -0.15) is 0 Å². The van der Waals surface area contributed by atoms with Gasteiger partial charge in [0.25, 0.3) is 11.8 Å². The average Bonchev–Trinajstić information content (AvgIpc) is 2.65. The zero-order valence-electron chi connectivity index (χ0n) is 17.3. The molecule has 0 atom stereocenters. The first-order chi connectivity index (χ1) is 13.0. The maximum absolute atomic E-state index is 12.5. The van der Waals surface area contributed by atoms with Crippen LogP contribution in [0.4, 0.5) is 10.5 Å². The molecule has 1 saturated heterocycles. The minimum absolute atomic E-state index is 0.0750. The highest BCUT2D eigenvalue weighted by atomic mass is 16.5. The van der Waals surface area contributed by atoms with Gasteiger partial charge in [0.2, 0.25) is 0 Å². The predicted octanol–water partition coefficient (Wildman–Crippen LogP) is 2.76. The summed E-state index contributed by atoms with van der Waals surface area (Å²) in [6.45, 7) is 6.29. The third kappa shape index (κ3) is 2.87. The number of imide groups is 2. The van der Waals surface area contributed by atoms with Crippen molar-refractivity contribution in [3.05, 3.63) is 34.9 Å². The fourth-order valence-electron chi connectivity index (χ4n) is 3.61. The molecule has 0 radical (unpaired) electrons. The van der Waals surface area contributed by atoms with Crippen LogP contribution in [0.3, 0.4) is 0 Å². The first kappa shape index (κ1) is 19.7. The van der Waals surface area contributed by atoms with E-state index in [4.69, 9.17) is 4.74 Å². The number of anilines is 1. The first-order valence-electron chi connectivity index (χ1n) is 8.97. The number of fused-ring (bicyclic) bond motifs is 1. The average molecular weight is 383 g/mol. The van der Waals surface area contributed by atoms with Gasteiger partial charge in [0.05, 0.1) is 12.6 Å². The Balaban J connectivity index is 2.17. The molecule has 0 spiro atoms. The Morgan fingerprint density at radius 1 is 1.00 bits per heavy atom. The van der Waals surface area contributed by atoms with E-state index < -0.39 is 17.8 Å². The van der Waals surface area contributed by atoms with Crippen LogP contribution < -0.4 is 9.64 Å². The molecule has 1 fully saturated rings. The lowest BCUT2D eigenvalue weighted by molar-refractivity contribution is -0.134. The number of nitrogens with zero attached hydrogens (tertiary/aromatic N) is 3. The van der Waals surface area contributed by atoms with E-state index in [1.165, 1.54) is 20.2 Å². The number of amides is 4. The Morgan fingerprint density at radius 3 is 2.11 bits per heavy atom. The number of methoxy groups -OCH3 is 1. The molecular weight excluding hydrogens is 358 g/mol. The molecule has 7 heteroatoms. The van der Waals surface area contributed by atoms with Gasteiger partial charge >= 0.3 is 6.03 Å². The normalized spacial score (nSPS) is 19.0. The second-order valence-electron chi connectivity index (χ2n) is 7.72. The topological polar surface area (TPSA) is 70.2 Å². The molecule has 28 heavy (non-hydrogen) atoms. The second-order valence-corrected chi connectivity index (χ2v) is 7.72. The van der Waals surface area contributed by atoms with Gasteiger partial charge in [0.15, 0.2) is 0 Å². The fourth-order valence-corrected chi connectivity index (χ4v) is 3.61. The summed E-state index contributed by atoms with van der Waals surface area (Å²) in [5.41, 5.74) is 3.50. The monoisotopic (exact) mass is 383 g/mol. The van der Waals surface area contributed by atoms with E-state index in [1.54, 1.807) is 7.11 Å². The molecule has 1 aromatic rings. The molecule has 3 rings (SSSR count). The highest BCUT2D eigenvalue weighted by Gasteiger charge is 2.38. The number of hydrogen-bond donors (Lipinski definition) is 0. The third-order valence-electron chi connectivity index (χ3n) is 5.51. The molecule has 7 nitrogen and oxygen atoms in total. The summed E-state index contributed by atoms with van der Waals surface area (Å²) in [6, 6.07) is 3.18. The molecule has 0 aliphatic carbocycles. The van der Waals surface area contributed by atoms with E-state index in [9.17, 15) is 14.4 Å². The van der Waals surface area contributed by atoms with Crippen LogP contribution in [-0.2, 0) is 9.59 Å². The van der Waals surface area contributed by atoms with Crippen molar-refractivity contribution in [1.82, 2.24) is 9.80 Å². The molecule has 0 aromatic heterocycles. The van der Waals surface area contributed by atoms with Crippen molar-refractivity contribution in [3.63, 3.8) is 0 Å². The molecule has 0 bridgehead atoms. The summed E-state index contributed by atoms with van der Waals surface area (Å²) in [6.07, 6.45) is 3.67. The van der Waals surface area contributed by atoms with Crippen LogP contribution in [0, 0.1) is 0 Å². The lowest BCUT2D eigenvalue weighted by Crippen LogP contribution is -2.52. The summed E-state index contributed by atoms with van der Waals surface area (Å²) < 4.78 is 5.54. The maximum Gasteiger partial charge on any atom is 0.333 e. The molecular formula is C21H25N3O4. The van der Waals surface area contributed by atoms with E-state index in [0.717, 1.165) is 26.6 Å². The van der Waals surface area contributed by atoms with Crippen molar-refractivity contribution in [1.29, 1.82) is 0 Å². The van der Waals surface area contributed by atoms with Crippen molar-refractivity contribution in [2.24, 2.45) is 0 Å². The van der Waals surface area contributed by atoms with Crippen LogP contribution in [0.1, 0.15) is 31.9 Å². The number of likely N-dealkylation sites (N-methyl/N-ethyl adjacent to an activating group) is 3. The molecule has 148 valence electrons. The second kappa shape index (κ2) is 6.51. The van der Waals surface area contributed by atoms with Crippen LogP contribution in [0.5, 0.6) is 5.75 Å². The van der Waals surface area contributed by atoms with Gasteiger partial charge in [-0.15, -0.1) is 0 Å². The SMILES string of the molecule is COc1cc2c(cc1C=C1C(=O)N(C)C(=O)N(C)C1=O)C(C)=CC(C)(C)N2C. The lowest BCUT2D eigenvalue weighted by atomic mass is 9.88. The fraction of sp³-hybridized carbons (Fsp3) is 0.381. The maximum atomic E-state index is 12.5. The molecule has 0 N–H and O–H groups in total. The van der Waals surface area contributed by atoms with Crippen molar-refractivity contribution >= 4 is 35.2 Å². The molecule has 0 saturated carbocycles. The molecule has 2 aliphatic heterocycles. The van der Waals surface area contributed by atoms with Gasteiger partial charge in [0.1, 0.15) is 11.3 Å². The van der Waals surface area contributed by atoms with Crippen LogP contribution in [-0.4, -0.2) is 61.4 Å². The Bertz CT molecular complexity index is 933. The summed E-state index contributed by atoms with van der Waals surface area (Å²) in [5, 5.41) is 0. The lowest BCUT2D eigenvalue weighted by Gasteiger charge is -2.41. The van der Waals surface area contributed by atoms with Gasteiger partial charge < -0.3 is 9.64 Å². The largest absolute Gasteiger partial charge is 0.496 e. The Hall–Kier alpha value is -3.09. The van der Waals surface area contributed by atoms with Gasteiger partial charge in [-0.05, 0) is 38.5 Å². The van der Waals surface area contributed by atoms with E-state index >= 15 is 0 Å². The number of carbonyl (C=O) groups excluding carboxylic acids is 3. The van der Waals surface area contributed by atoms with Gasteiger partial charge in [-0.3, -0.25) is 19.4 Å². The quantitative estimate of drug-likeness (QED) is 0.580. The van der Waals surface area contributed by atoms with Crippen LogP contribution in [0.2, 0.25) is 0 Å². The molecule has 2 heterocycles. The minimum Gasteiger partial charge on any atom is -0.496 e. The zero-order valence-corrected chi connectivity index (χ0v) is 17.3. The highest BCUT2D eigenvalue weighted by molar-refractivity contribution is 6.30. The van der Waals surface area contributed by atoms with E-state index in [1.807, 2.05) is 26.1 Å². The summed E-state index contributed by atoms with van der Waals surface area (Å²) in [4.78, 5) is 41.0. The summed E-state index contributed by atoms with van der Waals surface area (Å²) >= 11 is 0. The predicted molar refractivity (Wildman–Crippen MR) is 108 cm³/mol. The van der Waals surface area contributed by atoms with Gasteiger partial charge in [0, 0.05) is 44.0 Å². The Morgan fingerprint density at radius 2 is 1.57 bits per heavy atom. The number of urea groups is 1. The number of ether oxygens (including phenoxy) is 1. The van der Waals surface area contributed by atoms with Crippen LogP contribution >= 0.6 is 0 Å². The molecule has 0 unspecified atom stereocenters. The number of carbonyl (C=O) groups is 3. The van der Waals surface area contributed by atoms with Crippen molar-refractivity contribution < 1.29 is 19.1 Å². The van der Waals surface area contributed by atoms with Crippen molar-refractivity contribution in [2.75, 3.05) is 33.2 Å². The van der Waals surface area contributed by atoms with E-state index in [-0.39, 0.29) is 11.1 Å². The smallest absolute Gasteiger partial charge is 0.333 e. The summed E-state index contributed by atoms with van der Waals surface area (Å²) in [7, 11) is 6.28. The van der Waals surface area contributed by atoms with Crippen molar-refractivity contribution in [3.8, 4) is 5.75 Å². The molecule has 2 aliphatic rings. The number of barbiturate groups is 1.